The highest BCUT2D eigenvalue weighted by atomic mass is 14.7. The Morgan fingerprint density at radius 1 is 1.20 bits per heavy atom. The van der Waals surface area contributed by atoms with Crippen molar-refractivity contribution in [1.29, 1.82) is 0 Å². The normalized spacial score (nSPS) is 33.2. The van der Waals surface area contributed by atoms with E-state index in [1.807, 2.05) is 6.20 Å². The Hall–Kier alpha value is -0.590. The fourth-order valence-electron chi connectivity index (χ4n) is 1.19. The molecule has 1 heteroatoms. The van der Waals surface area contributed by atoms with Crippen LogP contribution in [0.1, 0.15) is 27.7 Å². The smallest absolute Gasteiger partial charge is 0.0259 e. The molecule has 1 rings (SSSR count). The summed E-state index contributed by atoms with van der Waals surface area (Å²) in [5.41, 5.74) is 2.66. The Kier molecular flexibility index (Phi) is 1.93. The quantitative estimate of drug-likeness (QED) is 0.486. The van der Waals surface area contributed by atoms with Crippen molar-refractivity contribution in [2.75, 3.05) is 0 Å². The highest BCUT2D eigenvalue weighted by molar-refractivity contribution is 5.86. The summed E-state index contributed by atoms with van der Waals surface area (Å²) >= 11 is 0. The van der Waals surface area contributed by atoms with E-state index in [2.05, 4.69) is 32.7 Å². The lowest BCUT2D eigenvalue weighted by molar-refractivity contribution is 0.546. The van der Waals surface area contributed by atoms with Gasteiger partial charge in [-0.25, -0.2) is 0 Å². The third-order valence-corrected chi connectivity index (χ3v) is 2.60. The van der Waals surface area contributed by atoms with Crippen molar-refractivity contribution in [3.63, 3.8) is 0 Å². The molecule has 0 saturated heterocycles. The molecule has 0 aromatic heterocycles. The molecule has 1 aliphatic heterocycles. The van der Waals surface area contributed by atoms with Gasteiger partial charge in [-0.1, -0.05) is 19.4 Å². The molecule has 0 amide bonds. The van der Waals surface area contributed by atoms with Gasteiger partial charge in [-0.2, -0.15) is 0 Å². The Labute approximate surface area is 62.9 Å². The van der Waals surface area contributed by atoms with Gasteiger partial charge in [-0.3, -0.25) is 4.99 Å². The molecule has 0 bridgehead atoms. The minimum Gasteiger partial charge on any atom is -0.266 e. The van der Waals surface area contributed by atoms with E-state index in [1.54, 1.807) is 0 Å². The average Bonchev–Trinajstić information content (AvgIpc) is 1.93. The van der Waals surface area contributed by atoms with Gasteiger partial charge in [0.2, 0.25) is 0 Å². The highest BCUT2D eigenvalue weighted by Gasteiger charge is 2.18. The van der Waals surface area contributed by atoms with Gasteiger partial charge < -0.3 is 0 Å². The zero-order valence-corrected chi connectivity index (χ0v) is 7.18. The van der Waals surface area contributed by atoms with Crippen molar-refractivity contribution in [1.82, 2.24) is 0 Å². The zero-order valence-electron chi connectivity index (χ0n) is 7.18. The number of hydrogen-bond donors (Lipinski definition) is 0. The molecule has 0 aromatic rings. The van der Waals surface area contributed by atoms with Crippen LogP contribution in [0.5, 0.6) is 0 Å². The highest BCUT2D eigenvalue weighted by Crippen LogP contribution is 2.24. The molecule has 1 heterocycles. The number of hydrogen-bond acceptors (Lipinski definition) is 1. The van der Waals surface area contributed by atoms with Crippen LogP contribution in [0.15, 0.2) is 16.8 Å². The van der Waals surface area contributed by atoms with E-state index in [9.17, 15) is 0 Å². The Balaban J connectivity index is 2.86. The Morgan fingerprint density at radius 2 is 1.80 bits per heavy atom. The van der Waals surface area contributed by atoms with Crippen molar-refractivity contribution < 1.29 is 0 Å². The third kappa shape index (κ3) is 1.13. The van der Waals surface area contributed by atoms with Crippen LogP contribution in [-0.2, 0) is 0 Å². The summed E-state index contributed by atoms with van der Waals surface area (Å²) in [6, 6.07) is 0. The van der Waals surface area contributed by atoms with E-state index in [-0.39, 0.29) is 0 Å². The first-order chi connectivity index (χ1) is 4.63. The van der Waals surface area contributed by atoms with Crippen molar-refractivity contribution >= 4 is 5.71 Å². The molecule has 0 aromatic carbocycles. The van der Waals surface area contributed by atoms with Crippen molar-refractivity contribution in [3.8, 4) is 0 Å². The number of aliphatic imine (C=N–C) groups is 1. The molecule has 2 unspecified atom stereocenters. The molecule has 10 heavy (non-hydrogen) atoms. The maximum Gasteiger partial charge on any atom is 0.0259 e. The van der Waals surface area contributed by atoms with Crippen LogP contribution < -0.4 is 0 Å². The van der Waals surface area contributed by atoms with Gasteiger partial charge in [0, 0.05) is 17.8 Å². The summed E-state index contributed by atoms with van der Waals surface area (Å²) in [6.07, 6.45) is 1.99. The average molecular weight is 137 g/mol. The second-order valence-electron chi connectivity index (χ2n) is 3.22. The molecule has 0 fully saturated rings. The summed E-state index contributed by atoms with van der Waals surface area (Å²) in [4.78, 5) is 4.30. The van der Waals surface area contributed by atoms with Crippen LogP contribution in [0.4, 0.5) is 0 Å². The van der Waals surface area contributed by atoms with Crippen molar-refractivity contribution in [2.45, 2.75) is 27.7 Å². The van der Waals surface area contributed by atoms with Crippen LogP contribution in [0.2, 0.25) is 0 Å². The van der Waals surface area contributed by atoms with Crippen LogP contribution >= 0.6 is 0 Å². The minimum absolute atomic E-state index is 0.630. The summed E-state index contributed by atoms with van der Waals surface area (Å²) in [7, 11) is 0. The lowest BCUT2D eigenvalue weighted by Gasteiger charge is -2.23. The molecule has 1 nitrogen and oxygen atoms in total. The number of nitrogens with zero attached hydrogens (tertiary/aromatic N) is 1. The van der Waals surface area contributed by atoms with Gasteiger partial charge in [0.1, 0.15) is 0 Å². The molecule has 0 N–H and O–H groups in total. The first kappa shape index (κ1) is 7.52. The molecule has 2 atom stereocenters. The summed E-state index contributed by atoms with van der Waals surface area (Å²) in [6.45, 7) is 8.75. The summed E-state index contributed by atoms with van der Waals surface area (Å²) < 4.78 is 0. The fourth-order valence-corrected chi connectivity index (χ4v) is 1.19. The van der Waals surface area contributed by atoms with E-state index in [4.69, 9.17) is 0 Å². The van der Waals surface area contributed by atoms with E-state index in [0.29, 0.717) is 11.8 Å². The molecule has 56 valence electrons. The molecule has 0 spiro atoms. The lowest BCUT2D eigenvalue weighted by Crippen LogP contribution is -2.19. The summed E-state index contributed by atoms with van der Waals surface area (Å²) in [5, 5.41) is 0. The predicted octanol–water partition coefficient (Wildman–Crippen LogP) is 2.64. The molecule has 0 saturated carbocycles. The number of allylic oxidation sites excluding steroid dienone is 1. The van der Waals surface area contributed by atoms with Gasteiger partial charge in [0.15, 0.2) is 0 Å². The third-order valence-electron chi connectivity index (χ3n) is 2.60. The maximum atomic E-state index is 4.30. The monoisotopic (exact) mass is 137 g/mol. The molecule has 0 radical (unpaired) electrons. The number of rotatable bonds is 0. The standard InChI is InChI=1S/C9H15N/c1-6-5-10-9(4)8(3)7(6)2/h5,7-8H,1-4H3. The van der Waals surface area contributed by atoms with E-state index in [0.717, 1.165) is 0 Å². The van der Waals surface area contributed by atoms with Gasteiger partial charge in [-0.15, -0.1) is 0 Å². The van der Waals surface area contributed by atoms with Crippen LogP contribution in [0, 0.1) is 11.8 Å². The van der Waals surface area contributed by atoms with E-state index in [1.165, 1.54) is 11.3 Å². The second kappa shape index (κ2) is 2.57. The van der Waals surface area contributed by atoms with E-state index >= 15 is 0 Å². The Bertz CT molecular complexity index is 167. The van der Waals surface area contributed by atoms with Crippen LogP contribution in [-0.4, -0.2) is 5.71 Å². The van der Waals surface area contributed by atoms with Gasteiger partial charge in [0.05, 0.1) is 0 Å². The summed E-state index contributed by atoms with van der Waals surface area (Å²) in [5.74, 6) is 1.31. The molecular weight excluding hydrogens is 122 g/mol. The predicted molar refractivity (Wildman–Crippen MR) is 45.2 cm³/mol. The fraction of sp³-hybridized carbons (Fsp3) is 0.667. The van der Waals surface area contributed by atoms with Gasteiger partial charge in [-0.05, 0) is 19.8 Å². The van der Waals surface area contributed by atoms with Crippen molar-refractivity contribution in [2.24, 2.45) is 16.8 Å². The topological polar surface area (TPSA) is 12.4 Å². The minimum atomic E-state index is 0.630. The molecule has 1 aliphatic rings. The Morgan fingerprint density at radius 3 is 2.30 bits per heavy atom. The first-order valence-electron chi connectivity index (χ1n) is 3.84. The largest absolute Gasteiger partial charge is 0.266 e. The van der Waals surface area contributed by atoms with Crippen LogP contribution in [0.3, 0.4) is 0 Å². The lowest BCUT2D eigenvalue weighted by atomic mass is 9.85. The SMILES string of the molecule is CC1=CN=C(C)C(C)C1C. The zero-order chi connectivity index (χ0) is 7.72. The maximum absolute atomic E-state index is 4.30. The van der Waals surface area contributed by atoms with Crippen molar-refractivity contribution in [3.05, 3.63) is 11.8 Å². The van der Waals surface area contributed by atoms with Gasteiger partial charge in [0.25, 0.3) is 0 Å². The second-order valence-corrected chi connectivity index (χ2v) is 3.22. The first-order valence-corrected chi connectivity index (χ1v) is 3.84. The molecular formula is C9H15N. The molecule has 0 aliphatic carbocycles. The van der Waals surface area contributed by atoms with E-state index < -0.39 is 0 Å². The van der Waals surface area contributed by atoms with Gasteiger partial charge >= 0.3 is 0 Å². The van der Waals surface area contributed by atoms with Crippen LogP contribution in [0.25, 0.3) is 0 Å².